The Balaban J connectivity index is 3.92. The van der Waals surface area contributed by atoms with E-state index >= 15 is 0 Å². The van der Waals surface area contributed by atoms with Crippen LogP contribution in [-0.2, 0) is 4.79 Å². The van der Waals surface area contributed by atoms with Crippen LogP contribution in [-0.4, -0.2) is 36.9 Å². The van der Waals surface area contributed by atoms with Crippen molar-refractivity contribution in [1.82, 2.24) is 4.90 Å². The van der Waals surface area contributed by atoms with Crippen LogP contribution in [0.5, 0.6) is 0 Å². The fraction of sp³-hybridized carbons (Fsp3) is 0.900. The quantitative estimate of drug-likeness (QED) is 0.634. The van der Waals surface area contributed by atoms with E-state index in [9.17, 15) is 13.6 Å². The Kier molecular flexibility index (Phi) is 8.18. The zero-order chi connectivity index (χ0) is 11.7. The van der Waals surface area contributed by atoms with Gasteiger partial charge in [-0.2, -0.15) is 0 Å². The predicted octanol–water partition coefficient (Wildman–Crippen LogP) is 1.62. The molecule has 5 heteroatoms. The number of nitrogens with zero attached hydrogens (tertiary/aromatic N) is 1. The van der Waals surface area contributed by atoms with Crippen LogP contribution in [0, 0.1) is 0 Å². The minimum Gasteiger partial charge on any atom is -0.336 e. The van der Waals surface area contributed by atoms with E-state index in [1.165, 1.54) is 0 Å². The number of halogens is 2. The molecule has 0 heterocycles. The van der Waals surface area contributed by atoms with Crippen molar-refractivity contribution in [3.05, 3.63) is 0 Å². The van der Waals surface area contributed by atoms with E-state index in [4.69, 9.17) is 5.73 Å². The Morgan fingerprint density at radius 3 is 2.53 bits per heavy atom. The second-order valence-electron chi connectivity index (χ2n) is 3.48. The fourth-order valence-electron chi connectivity index (χ4n) is 1.32. The molecule has 0 saturated carbocycles. The van der Waals surface area contributed by atoms with Crippen LogP contribution in [0.2, 0.25) is 0 Å². The average Bonchev–Trinajstić information content (AvgIpc) is 2.17. The lowest BCUT2D eigenvalue weighted by Crippen LogP contribution is -2.38. The molecule has 0 radical (unpaired) electrons. The van der Waals surface area contributed by atoms with Crippen LogP contribution in [0.1, 0.15) is 32.6 Å². The van der Waals surface area contributed by atoms with Gasteiger partial charge >= 0.3 is 0 Å². The van der Waals surface area contributed by atoms with Gasteiger partial charge in [-0.3, -0.25) is 4.79 Å². The maximum Gasteiger partial charge on any atom is 0.255 e. The highest BCUT2D eigenvalue weighted by molar-refractivity contribution is 5.76. The molecule has 0 fully saturated rings. The summed E-state index contributed by atoms with van der Waals surface area (Å²) in [7, 11) is 0. The molecule has 15 heavy (non-hydrogen) atoms. The third-order valence-electron chi connectivity index (χ3n) is 2.10. The largest absolute Gasteiger partial charge is 0.336 e. The topological polar surface area (TPSA) is 46.3 Å². The van der Waals surface area contributed by atoms with Crippen molar-refractivity contribution in [3.8, 4) is 0 Å². The Labute approximate surface area is 89.6 Å². The first kappa shape index (κ1) is 14.3. The van der Waals surface area contributed by atoms with E-state index in [0.29, 0.717) is 6.42 Å². The van der Waals surface area contributed by atoms with Crippen molar-refractivity contribution in [2.24, 2.45) is 5.73 Å². The molecule has 2 N–H and O–H groups in total. The first-order valence-corrected chi connectivity index (χ1v) is 5.37. The summed E-state index contributed by atoms with van der Waals surface area (Å²) in [6, 6.07) is 0. The lowest BCUT2D eigenvalue weighted by molar-refractivity contribution is -0.133. The van der Waals surface area contributed by atoms with Gasteiger partial charge in [-0.1, -0.05) is 19.8 Å². The van der Waals surface area contributed by atoms with Gasteiger partial charge in [0.25, 0.3) is 6.43 Å². The van der Waals surface area contributed by atoms with Gasteiger partial charge in [0.1, 0.15) is 0 Å². The molecule has 0 unspecified atom stereocenters. The number of amides is 1. The van der Waals surface area contributed by atoms with Crippen LogP contribution < -0.4 is 5.73 Å². The second kappa shape index (κ2) is 8.59. The highest BCUT2D eigenvalue weighted by atomic mass is 19.3. The van der Waals surface area contributed by atoms with E-state index in [1.54, 1.807) is 0 Å². The summed E-state index contributed by atoms with van der Waals surface area (Å²) in [5.41, 5.74) is 5.26. The highest BCUT2D eigenvalue weighted by Gasteiger charge is 2.16. The molecule has 0 aromatic carbocycles. The first-order valence-electron chi connectivity index (χ1n) is 5.37. The first-order chi connectivity index (χ1) is 7.11. The van der Waals surface area contributed by atoms with Gasteiger partial charge in [0, 0.05) is 19.5 Å². The van der Waals surface area contributed by atoms with Crippen LogP contribution >= 0.6 is 0 Å². The molecular weight excluding hydrogens is 202 g/mol. The molecule has 0 bridgehead atoms. The van der Waals surface area contributed by atoms with E-state index in [1.807, 2.05) is 6.92 Å². The van der Waals surface area contributed by atoms with E-state index in [0.717, 1.165) is 24.2 Å². The van der Waals surface area contributed by atoms with Gasteiger partial charge in [-0.15, -0.1) is 0 Å². The van der Waals surface area contributed by atoms with Crippen LogP contribution in [0.15, 0.2) is 0 Å². The van der Waals surface area contributed by atoms with E-state index in [2.05, 4.69) is 0 Å². The number of nitrogens with two attached hydrogens (primary N) is 1. The maximum atomic E-state index is 12.1. The summed E-state index contributed by atoms with van der Waals surface area (Å²) in [5, 5.41) is 0. The van der Waals surface area contributed by atoms with Crippen LogP contribution in [0.3, 0.4) is 0 Å². The Morgan fingerprint density at radius 1 is 1.40 bits per heavy atom. The second-order valence-corrected chi connectivity index (χ2v) is 3.48. The SMILES string of the molecule is CCCCCC(=O)N(CCN)CC(F)F. The molecule has 0 aromatic rings. The molecule has 0 aliphatic carbocycles. The smallest absolute Gasteiger partial charge is 0.255 e. The number of carbonyl (C=O) groups excluding carboxylic acids is 1. The molecule has 1 amide bonds. The lowest BCUT2D eigenvalue weighted by Gasteiger charge is -2.21. The van der Waals surface area contributed by atoms with Crippen molar-refractivity contribution >= 4 is 5.91 Å². The highest BCUT2D eigenvalue weighted by Crippen LogP contribution is 2.05. The molecule has 3 nitrogen and oxygen atoms in total. The molecule has 0 rings (SSSR count). The Bertz CT molecular complexity index is 177. The zero-order valence-electron chi connectivity index (χ0n) is 9.22. The maximum absolute atomic E-state index is 12.1. The average molecular weight is 222 g/mol. The summed E-state index contributed by atoms with van der Waals surface area (Å²) in [5.74, 6) is -0.214. The standard InChI is InChI=1S/C10H20F2N2O/c1-2-3-4-5-10(15)14(7-6-13)8-9(11)12/h9H,2-8,13H2,1H3. The van der Waals surface area contributed by atoms with Gasteiger partial charge in [-0.05, 0) is 6.42 Å². The van der Waals surface area contributed by atoms with E-state index in [-0.39, 0.29) is 19.0 Å². The third kappa shape index (κ3) is 7.25. The van der Waals surface area contributed by atoms with Gasteiger partial charge in [0.15, 0.2) is 0 Å². The van der Waals surface area contributed by atoms with Crippen molar-refractivity contribution in [2.45, 2.75) is 39.0 Å². The molecule has 0 atom stereocenters. The normalized spacial score (nSPS) is 10.7. The minimum absolute atomic E-state index is 0.214. The lowest BCUT2D eigenvalue weighted by atomic mass is 10.2. The van der Waals surface area contributed by atoms with Crippen molar-refractivity contribution in [3.63, 3.8) is 0 Å². The number of alkyl halides is 2. The summed E-state index contributed by atoms with van der Waals surface area (Å²) in [4.78, 5) is 12.6. The Hall–Kier alpha value is -0.710. The molecular formula is C10H20F2N2O. The fourth-order valence-corrected chi connectivity index (χ4v) is 1.32. The number of unbranched alkanes of at least 4 members (excludes halogenated alkanes) is 2. The van der Waals surface area contributed by atoms with Gasteiger partial charge in [0.2, 0.25) is 5.91 Å². The predicted molar refractivity (Wildman–Crippen MR) is 55.8 cm³/mol. The van der Waals surface area contributed by atoms with Crippen LogP contribution in [0.4, 0.5) is 8.78 Å². The summed E-state index contributed by atoms with van der Waals surface area (Å²) < 4.78 is 24.2. The van der Waals surface area contributed by atoms with Gasteiger partial charge in [-0.25, -0.2) is 8.78 Å². The monoisotopic (exact) mass is 222 g/mol. The summed E-state index contributed by atoms with van der Waals surface area (Å²) in [6.45, 7) is 1.98. The van der Waals surface area contributed by atoms with Gasteiger partial charge in [0.05, 0.1) is 6.54 Å². The Morgan fingerprint density at radius 2 is 2.07 bits per heavy atom. The summed E-state index contributed by atoms with van der Waals surface area (Å²) in [6.07, 6.45) is 0.600. The summed E-state index contributed by atoms with van der Waals surface area (Å²) >= 11 is 0. The van der Waals surface area contributed by atoms with E-state index < -0.39 is 13.0 Å². The minimum atomic E-state index is -2.48. The number of hydrogen-bond acceptors (Lipinski definition) is 2. The molecule has 0 aliphatic rings. The number of carbonyl (C=O) groups is 1. The van der Waals surface area contributed by atoms with Gasteiger partial charge < -0.3 is 10.6 Å². The molecule has 90 valence electrons. The van der Waals surface area contributed by atoms with Crippen LogP contribution in [0.25, 0.3) is 0 Å². The van der Waals surface area contributed by atoms with Crippen molar-refractivity contribution in [2.75, 3.05) is 19.6 Å². The third-order valence-corrected chi connectivity index (χ3v) is 2.10. The zero-order valence-corrected chi connectivity index (χ0v) is 9.22. The molecule has 0 spiro atoms. The number of hydrogen-bond donors (Lipinski definition) is 1. The number of rotatable bonds is 8. The molecule has 0 saturated heterocycles. The molecule has 0 aliphatic heterocycles. The molecule has 0 aromatic heterocycles. The van der Waals surface area contributed by atoms with Crippen molar-refractivity contribution in [1.29, 1.82) is 0 Å². The van der Waals surface area contributed by atoms with Crippen molar-refractivity contribution < 1.29 is 13.6 Å².